The van der Waals surface area contributed by atoms with Gasteiger partial charge in [-0.15, -0.1) is 0 Å². The highest BCUT2D eigenvalue weighted by Gasteiger charge is 2.31. The molecular formula is C23H30N2O2. The van der Waals surface area contributed by atoms with Crippen LogP contribution in [-0.4, -0.2) is 27.6 Å². The Morgan fingerprint density at radius 1 is 1.11 bits per heavy atom. The van der Waals surface area contributed by atoms with Crippen molar-refractivity contribution in [2.45, 2.75) is 76.4 Å². The zero-order chi connectivity index (χ0) is 19.0. The Morgan fingerprint density at radius 2 is 1.85 bits per heavy atom. The van der Waals surface area contributed by atoms with Gasteiger partial charge in [-0.3, -0.25) is 9.78 Å². The number of carbonyl (C=O) groups excluding carboxylic acids is 1. The summed E-state index contributed by atoms with van der Waals surface area (Å²) in [6, 6.07) is 8.60. The number of hydrogen-bond acceptors (Lipinski definition) is 3. The Balaban J connectivity index is 1.41. The summed E-state index contributed by atoms with van der Waals surface area (Å²) in [6.45, 7) is 3.77. The molecule has 0 saturated heterocycles. The maximum absolute atomic E-state index is 12.7. The van der Waals surface area contributed by atoms with Crippen molar-refractivity contribution in [3.8, 4) is 0 Å². The molecule has 4 rings (SSSR count). The fraction of sp³-hybridized carbons (Fsp3) is 0.565. The zero-order valence-electron chi connectivity index (χ0n) is 16.4. The summed E-state index contributed by atoms with van der Waals surface area (Å²) in [7, 11) is 0. The molecule has 27 heavy (non-hydrogen) atoms. The van der Waals surface area contributed by atoms with E-state index in [-0.39, 0.29) is 11.9 Å². The normalized spacial score (nSPS) is 23.8. The SMILES string of the molecule is CC(C)(O)[C@H]1CC[C@H](NC(=O)c2cnc3cc(C4CCC4)ccc3c2)CC1. The molecule has 2 N–H and O–H groups in total. The van der Waals surface area contributed by atoms with Crippen LogP contribution in [0.4, 0.5) is 0 Å². The van der Waals surface area contributed by atoms with E-state index in [1.165, 1.54) is 24.8 Å². The van der Waals surface area contributed by atoms with Crippen molar-refractivity contribution in [3.63, 3.8) is 0 Å². The van der Waals surface area contributed by atoms with E-state index in [1.54, 1.807) is 6.20 Å². The van der Waals surface area contributed by atoms with E-state index in [4.69, 9.17) is 0 Å². The molecule has 1 amide bonds. The minimum atomic E-state index is -0.629. The molecular weight excluding hydrogens is 336 g/mol. The molecule has 0 unspecified atom stereocenters. The first-order valence-corrected chi connectivity index (χ1v) is 10.3. The number of carbonyl (C=O) groups is 1. The van der Waals surface area contributed by atoms with Crippen molar-refractivity contribution in [1.29, 1.82) is 0 Å². The molecule has 144 valence electrons. The molecule has 2 aliphatic carbocycles. The van der Waals surface area contributed by atoms with Crippen molar-refractivity contribution >= 4 is 16.8 Å². The standard InChI is InChI=1S/C23H30N2O2/c1-23(2,27)19-8-10-20(11-9-19)25-22(26)18-12-17-7-6-16(15-4-3-5-15)13-21(17)24-14-18/h6-7,12-15,19-20,27H,3-5,8-11H2,1-2H3,(H,25,26)/t19-,20-. The van der Waals surface area contributed by atoms with Crippen LogP contribution in [0.1, 0.15) is 80.6 Å². The predicted molar refractivity (Wildman–Crippen MR) is 108 cm³/mol. The quantitative estimate of drug-likeness (QED) is 0.834. The Bertz CT molecular complexity index is 828. The van der Waals surface area contributed by atoms with Crippen LogP contribution in [0.25, 0.3) is 10.9 Å². The van der Waals surface area contributed by atoms with Gasteiger partial charge in [0.2, 0.25) is 0 Å². The number of amides is 1. The van der Waals surface area contributed by atoms with E-state index >= 15 is 0 Å². The molecule has 0 spiro atoms. The van der Waals surface area contributed by atoms with Gasteiger partial charge in [0.05, 0.1) is 16.7 Å². The number of hydrogen-bond donors (Lipinski definition) is 2. The maximum Gasteiger partial charge on any atom is 0.253 e. The van der Waals surface area contributed by atoms with Gasteiger partial charge < -0.3 is 10.4 Å². The Hall–Kier alpha value is -1.94. The summed E-state index contributed by atoms with van der Waals surface area (Å²) >= 11 is 0. The van der Waals surface area contributed by atoms with Crippen molar-refractivity contribution in [1.82, 2.24) is 10.3 Å². The van der Waals surface area contributed by atoms with Gasteiger partial charge in [-0.2, -0.15) is 0 Å². The molecule has 2 saturated carbocycles. The number of pyridine rings is 1. The minimum Gasteiger partial charge on any atom is -0.390 e. The van der Waals surface area contributed by atoms with Gasteiger partial charge in [0.25, 0.3) is 5.91 Å². The van der Waals surface area contributed by atoms with E-state index in [2.05, 4.69) is 28.5 Å². The summed E-state index contributed by atoms with van der Waals surface area (Å²) in [4.78, 5) is 17.2. The molecule has 2 aliphatic rings. The number of nitrogens with zero attached hydrogens (tertiary/aromatic N) is 1. The second-order valence-corrected chi connectivity index (χ2v) is 8.98. The van der Waals surface area contributed by atoms with Gasteiger partial charge >= 0.3 is 0 Å². The van der Waals surface area contributed by atoms with Crippen LogP contribution < -0.4 is 5.32 Å². The summed E-state index contributed by atoms with van der Waals surface area (Å²) in [6.07, 6.45) is 9.34. The second kappa shape index (κ2) is 7.23. The molecule has 2 fully saturated rings. The van der Waals surface area contributed by atoms with Crippen LogP contribution in [0.15, 0.2) is 30.5 Å². The van der Waals surface area contributed by atoms with E-state index in [0.29, 0.717) is 17.4 Å². The second-order valence-electron chi connectivity index (χ2n) is 8.98. The topological polar surface area (TPSA) is 62.2 Å². The van der Waals surface area contributed by atoms with Crippen LogP contribution >= 0.6 is 0 Å². The van der Waals surface area contributed by atoms with Gasteiger partial charge in [-0.1, -0.05) is 18.6 Å². The molecule has 2 aromatic rings. The number of fused-ring (bicyclic) bond motifs is 1. The number of aromatic nitrogens is 1. The van der Waals surface area contributed by atoms with Crippen LogP contribution in [0.5, 0.6) is 0 Å². The molecule has 0 aliphatic heterocycles. The smallest absolute Gasteiger partial charge is 0.253 e. The lowest BCUT2D eigenvalue weighted by molar-refractivity contribution is -0.00257. The number of aliphatic hydroxyl groups is 1. The van der Waals surface area contributed by atoms with Gasteiger partial charge in [0.15, 0.2) is 0 Å². The number of rotatable bonds is 4. The highest BCUT2D eigenvalue weighted by atomic mass is 16.3. The Labute approximate surface area is 161 Å². The highest BCUT2D eigenvalue weighted by Crippen LogP contribution is 2.37. The molecule has 4 nitrogen and oxygen atoms in total. The first-order valence-electron chi connectivity index (χ1n) is 10.3. The van der Waals surface area contributed by atoms with Crippen molar-refractivity contribution in [3.05, 3.63) is 41.6 Å². The van der Waals surface area contributed by atoms with Gasteiger partial charge in [0.1, 0.15) is 0 Å². The molecule has 0 bridgehead atoms. The summed E-state index contributed by atoms with van der Waals surface area (Å²) in [5.74, 6) is 0.968. The molecule has 0 radical (unpaired) electrons. The van der Waals surface area contributed by atoms with Gasteiger partial charge in [-0.25, -0.2) is 0 Å². The Kier molecular flexibility index (Phi) is 4.94. The van der Waals surface area contributed by atoms with Crippen molar-refractivity contribution in [2.24, 2.45) is 5.92 Å². The third-order valence-electron chi connectivity index (χ3n) is 6.61. The van der Waals surface area contributed by atoms with E-state index in [9.17, 15) is 9.90 Å². The third kappa shape index (κ3) is 4.01. The maximum atomic E-state index is 12.7. The van der Waals surface area contributed by atoms with Crippen LogP contribution in [0.2, 0.25) is 0 Å². The number of nitrogens with one attached hydrogen (secondary N) is 1. The first-order chi connectivity index (χ1) is 12.9. The highest BCUT2D eigenvalue weighted by molar-refractivity contribution is 5.97. The molecule has 4 heteroatoms. The van der Waals surface area contributed by atoms with Gasteiger partial charge in [-0.05, 0) is 81.9 Å². The lowest BCUT2D eigenvalue weighted by atomic mass is 9.77. The van der Waals surface area contributed by atoms with Crippen LogP contribution in [0.3, 0.4) is 0 Å². The lowest BCUT2D eigenvalue weighted by Crippen LogP contribution is -2.41. The average molecular weight is 367 g/mol. The molecule has 0 atom stereocenters. The predicted octanol–water partition coefficient (Wildman–Crippen LogP) is 4.56. The summed E-state index contributed by atoms with van der Waals surface area (Å²) in [5.41, 5.74) is 2.35. The monoisotopic (exact) mass is 366 g/mol. The van der Waals surface area contributed by atoms with Crippen molar-refractivity contribution in [2.75, 3.05) is 0 Å². The minimum absolute atomic E-state index is 0.0424. The third-order valence-corrected chi connectivity index (χ3v) is 6.61. The van der Waals surface area contributed by atoms with E-state index in [1.807, 2.05) is 19.9 Å². The Morgan fingerprint density at radius 3 is 2.48 bits per heavy atom. The fourth-order valence-corrected chi connectivity index (χ4v) is 4.47. The summed E-state index contributed by atoms with van der Waals surface area (Å²) < 4.78 is 0. The summed E-state index contributed by atoms with van der Waals surface area (Å²) in [5, 5.41) is 14.4. The lowest BCUT2D eigenvalue weighted by Gasteiger charge is -2.36. The largest absolute Gasteiger partial charge is 0.390 e. The number of benzene rings is 1. The molecule has 1 aromatic heterocycles. The average Bonchev–Trinajstić information content (AvgIpc) is 2.59. The zero-order valence-corrected chi connectivity index (χ0v) is 16.4. The van der Waals surface area contributed by atoms with Crippen LogP contribution in [0, 0.1) is 5.92 Å². The van der Waals surface area contributed by atoms with E-state index in [0.717, 1.165) is 36.6 Å². The fourth-order valence-electron chi connectivity index (χ4n) is 4.47. The van der Waals surface area contributed by atoms with Crippen LogP contribution in [-0.2, 0) is 0 Å². The van der Waals surface area contributed by atoms with Crippen molar-refractivity contribution < 1.29 is 9.90 Å². The first kappa shape index (κ1) is 18.4. The molecule has 1 aromatic carbocycles. The van der Waals surface area contributed by atoms with Gasteiger partial charge in [0, 0.05) is 17.6 Å². The molecule has 1 heterocycles. The van der Waals surface area contributed by atoms with E-state index < -0.39 is 5.60 Å².